The van der Waals surface area contributed by atoms with Gasteiger partial charge < -0.3 is 5.11 Å². The third-order valence-corrected chi connectivity index (χ3v) is 5.45. The lowest BCUT2D eigenvalue weighted by atomic mass is 9.76. The van der Waals surface area contributed by atoms with Crippen molar-refractivity contribution in [3.05, 3.63) is 34.9 Å². The van der Waals surface area contributed by atoms with Crippen molar-refractivity contribution in [2.75, 3.05) is 13.1 Å². The third kappa shape index (κ3) is 3.13. The predicted octanol–water partition coefficient (Wildman–Crippen LogP) is 3.94. The van der Waals surface area contributed by atoms with Crippen molar-refractivity contribution in [3.8, 4) is 0 Å². The lowest BCUT2D eigenvalue weighted by Gasteiger charge is -2.41. The molecule has 1 saturated heterocycles. The Morgan fingerprint density at radius 3 is 2.38 bits per heavy atom. The maximum atomic E-state index is 11.5. The summed E-state index contributed by atoms with van der Waals surface area (Å²) < 4.78 is 0. The summed E-state index contributed by atoms with van der Waals surface area (Å²) in [7, 11) is 0. The molecule has 1 unspecified atom stereocenters. The van der Waals surface area contributed by atoms with Crippen LogP contribution >= 0.6 is 0 Å². The van der Waals surface area contributed by atoms with Crippen LogP contribution in [0.15, 0.2) is 18.2 Å². The minimum atomic E-state index is -0.622. The summed E-state index contributed by atoms with van der Waals surface area (Å²) in [6.45, 7) is 10.2. The number of likely N-dealkylation sites (tertiary alicyclic amines) is 1. The van der Waals surface area contributed by atoms with E-state index in [0.29, 0.717) is 6.04 Å². The second kappa shape index (κ2) is 6.18. The molecule has 116 valence electrons. The normalized spacial score (nSPS) is 20.2. The van der Waals surface area contributed by atoms with Gasteiger partial charge >= 0.3 is 5.97 Å². The number of hydrogen-bond donors (Lipinski definition) is 1. The summed E-state index contributed by atoms with van der Waals surface area (Å²) >= 11 is 0. The number of aliphatic carboxylic acids is 1. The average Bonchev–Trinajstić information content (AvgIpc) is 2.49. The summed E-state index contributed by atoms with van der Waals surface area (Å²) in [5.41, 5.74) is 3.47. The second-order valence-electron chi connectivity index (χ2n) is 6.49. The summed E-state index contributed by atoms with van der Waals surface area (Å²) in [6, 6.07) is 7.00. The van der Waals surface area contributed by atoms with E-state index in [0.717, 1.165) is 32.4 Å². The van der Waals surface area contributed by atoms with Crippen LogP contribution in [0.1, 0.15) is 55.8 Å². The van der Waals surface area contributed by atoms with E-state index in [1.165, 1.54) is 16.7 Å². The van der Waals surface area contributed by atoms with Crippen molar-refractivity contribution < 1.29 is 9.90 Å². The molecular weight excluding hydrogens is 262 g/mol. The van der Waals surface area contributed by atoms with E-state index in [2.05, 4.69) is 43.9 Å². The molecule has 1 heterocycles. The maximum Gasteiger partial charge on any atom is 0.309 e. The predicted molar refractivity (Wildman–Crippen MR) is 85.5 cm³/mol. The van der Waals surface area contributed by atoms with E-state index < -0.39 is 11.4 Å². The lowest BCUT2D eigenvalue weighted by Crippen LogP contribution is -2.44. The monoisotopic (exact) mass is 289 g/mol. The summed E-state index contributed by atoms with van der Waals surface area (Å²) in [5, 5.41) is 9.48. The molecule has 1 aliphatic heterocycles. The topological polar surface area (TPSA) is 40.5 Å². The molecule has 1 aromatic rings. The van der Waals surface area contributed by atoms with Gasteiger partial charge in [-0.3, -0.25) is 9.69 Å². The van der Waals surface area contributed by atoms with Gasteiger partial charge in [0.15, 0.2) is 0 Å². The smallest absolute Gasteiger partial charge is 0.309 e. The van der Waals surface area contributed by atoms with Crippen LogP contribution in [0.5, 0.6) is 0 Å². The van der Waals surface area contributed by atoms with Crippen molar-refractivity contribution >= 4 is 5.97 Å². The first-order chi connectivity index (χ1) is 9.89. The molecule has 21 heavy (non-hydrogen) atoms. The minimum Gasteiger partial charge on any atom is -0.481 e. The lowest BCUT2D eigenvalue weighted by molar-refractivity contribution is -0.152. The zero-order valence-corrected chi connectivity index (χ0v) is 13.6. The largest absolute Gasteiger partial charge is 0.481 e. The van der Waals surface area contributed by atoms with Crippen LogP contribution in [0.2, 0.25) is 0 Å². The van der Waals surface area contributed by atoms with Gasteiger partial charge in [0, 0.05) is 6.04 Å². The van der Waals surface area contributed by atoms with Gasteiger partial charge in [-0.1, -0.05) is 25.1 Å². The van der Waals surface area contributed by atoms with Crippen LogP contribution in [0, 0.1) is 19.3 Å². The maximum absolute atomic E-state index is 11.5. The van der Waals surface area contributed by atoms with Crippen LogP contribution in [-0.2, 0) is 4.79 Å². The van der Waals surface area contributed by atoms with E-state index in [1.54, 1.807) is 0 Å². The molecule has 0 radical (unpaired) electrons. The molecule has 0 aromatic heterocycles. The Kier molecular flexibility index (Phi) is 4.72. The van der Waals surface area contributed by atoms with E-state index in [9.17, 15) is 9.90 Å². The Bertz CT molecular complexity index is 516. The van der Waals surface area contributed by atoms with Gasteiger partial charge in [0.25, 0.3) is 0 Å². The number of nitrogens with zero attached hydrogens (tertiary/aromatic N) is 1. The fourth-order valence-corrected chi connectivity index (χ4v) is 3.29. The molecule has 0 amide bonds. The fourth-order valence-electron chi connectivity index (χ4n) is 3.29. The van der Waals surface area contributed by atoms with Crippen molar-refractivity contribution in [2.45, 2.75) is 53.0 Å². The van der Waals surface area contributed by atoms with Gasteiger partial charge in [0.05, 0.1) is 5.41 Å². The van der Waals surface area contributed by atoms with Gasteiger partial charge in [-0.2, -0.15) is 0 Å². The number of carboxylic acid groups (broad SMARTS) is 1. The van der Waals surface area contributed by atoms with E-state index in [-0.39, 0.29) is 0 Å². The van der Waals surface area contributed by atoms with Crippen molar-refractivity contribution in [3.63, 3.8) is 0 Å². The first-order valence-corrected chi connectivity index (χ1v) is 7.94. The van der Waals surface area contributed by atoms with E-state index >= 15 is 0 Å². The molecular formula is C18H27NO2. The highest BCUT2D eigenvalue weighted by Gasteiger charge is 2.40. The molecule has 0 saturated carbocycles. The van der Waals surface area contributed by atoms with Crippen molar-refractivity contribution in [1.29, 1.82) is 0 Å². The zero-order chi connectivity index (χ0) is 15.6. The Balaban J connectivity index is 2.07. The molecule has 1 N–H and O–H groups in total. The summed E-state index contributed by atoms with van der Waals surface area (Å²) in [5.74, 6) is -0.622. The first-order valence-electron chi connectivity index (χ1n) is 7.94. The highest BCUT2D eigenvalue weighted by molar-refractivity contribution is 5.74. The van der Waals surface area contributed by atoms with E-state index in [4.69, 9.17) is 0 Å². The highest BCUT2D eigenvalue weighted by Crippen LogP contribution is 2.37. The van der Waals surface area contributed by atoms with Gasteiger partial charge in [-0.05, 0) is 69.8 Å². The molecule has 2 rings (SSSR count). The molecule has 1 fully saturated rings. The summed E-state index contributed by atoms with van der Waals surface area (Å²) in [4.78, 5) is 13.9. The van der Waals surface area contributed by atoms with Gasteiger partial charge in [0.1, 0.15) is 0 Å². The molecule has 0 spiro atoms. The quantitative estimate of drug-likeness (QED) is 0.912. The number of benzene rings is 1. The average molecular weight is 289 g/mol. The van der Waals surface area contributed by atoms with Gasteiger partial charge in [-0.25, -0.2) is 0 Å². The number of rotatable bonds is 4. The molecule has 3 heteroatoms. The Morgan fingerprint density at radius 1 is 1.29 bits per heavy atom. The number of piperidine rings is 1. The van der Waals surface area contributed by atoms with Crippen LogP contribution in [0.25, 0.3) is 0 Å². The van der Waals surface area contributed by atoms with Gasteiger partial charge in [0.2, 0.25) is 0 Å². The van der Waals surface area contributed by atoms with Crippen molar-refractivity contribution in [2.24, 2.45) is 5.41 Å². The molecule has 1 atom stereocenters. The number of aryl methyl sites for hydroxylation is 2. The Hall–Kier alpha value is -1.35. The SMILES string of the molecule is CCC1(C(=O)O)CCN(C(C)c2ccc(C)c(C)c2)CC1. The van der Waals surface area contributed by atoms with E-state index in [1.807, 2.05) is 6.92 Å². The Labute approximate surface area is 128 Å². The van der Waals surface area contributed by atoms with Crippen LogP contribution < -0.4 is 0 Å². The highest BCUT2D eigenvalue weighted by atomic mass is 16.4. The molecule has 3 nitrogen and oxygen atoms in total. The van der Waals surface area contributed by atoms with Crippen LogP contribution in [0.3, 0.4) is 0 Å². The number of carboxylic acids is 1. The molecule has 1 aliphatic rings. The first kappa shape index (κ1) is 16.0. The zero-order valence-electron chi connectivity index (χ0n) is 13.6. The number of carbonyl (C=O) groups is 1. The summed E-state index contributed by atoms with van der Waals surface area (Å²) in [6.07, 6.45) is 2.25. The van der Waals surface area contributed by atoms with Crippen LogP contribution in [0.4, 0.5) is 0 Å². The third-order valence-electron chi connectivity index (χ3n) is 5.45. The number of hydrogen-bond acceptors (Lipinski definition) is 2. The molecule has 1 aromatic carbocycles. The Morgan fingerprint density at radius 2 is 1.90 bits per heavy atom. The van der Waals surface area contributed by atoms with Crippen LogP contribution in [-0.4, -0.2) is 29.1 Å². The molecule has 0 aliphatic carbocycles. The molecule has 0 bridgehead atoms. The standard InChI is InChI=1S/C18H27NO2/c1-5-18(17(20)21)8-10-19(11-9-18)15(4)16-7-6-13(2)14(3)12-16/h6-7,12,15H,5,8-11H2,1-4H3,(H,20,21). The second-order valence-corrected chi connectivity index (χ2v) is 6.49. The van der Waals surface area contributed by atoms with Crippen molar-refractivity contribution in [1.82, 2.24) is 4.90 Å². The van der Waals surface area contributed by atoms with Gasteiger partial charge in [-0.15, -0.1) is 0 Å². The fraction of sp³-hybridized carbons (Fsp3) is 0.611. The minimum absolute atomic E-state index is 0.355.